The van der Waals surface area contributed by atoms with E-state index < -0.39 is 38.3 Å². The van der Waals surface area contributed by atoms with Gasteiger partial charge in [-0.3, -0.25) is 0 Å². The number of carbonyl (C=O) groups is 1. The molecule has 0 atom stereocenters. The van der Waals surface area contributed by atoms with E-state index in [-0.39, 0.29) is 6.42 Å². The first-order chi connectivity index (χ1) is 15.8. The van der Waals surface area contributed by atoms with E-state index in [1.54, 1.807) is 97.1 Å². The highest BCUT2D eigenvalue weighted by Gasteiger charge is 2.58. The summed E-state index contributed by atoms with van der Waals surface area (Å²) in [6.07, 6.45) is -0.365. The van der Waals surface area contributed by atoms with E-state index in [0.29, 0.717) is 14.7 Å². The van der Waals surface area contributed by atoms with Crippen LogP contribution in [-0.2, 0) is 23.3 Å². The topological polar surface area (TPSA) is 93.5 Å². The molecule has 172 valence electrons. The molecule has 0 unspecified atom stereocenters. The van der Waals surface area contributed by atoms with Gasteiger partial charge < -0.3 is 4.74 Å². The van der Waals surface area contributed by atoms with E-state index in [9.17, 15) is 22.0 Å². The van der Waals surface area contributed by atoms with Crippen LogP contribution in [0.25, 0.3) is 0 Å². The molecule has 0 bridgehead atoms. The van der Waals surface area contributed by atoms with Gasteiger partial charge >= 0.3 is 21.3 Å². The van der Waals surface area contributed by atoms with Gasteiger partial charge in [0.25, 0.3) is 0 Å². The molecule has 0 heterocycles. The van der Waals surface area contributed by atoms with E-state index in [4.69, 9.17) is 8.89 Å². The summed E-state index contributed by atoms with van der Waals surface area (Å²) in [7, 11) is -9.11. The molecule has 0 saturated carbocycles. The Kier molecular flexibility index (Phi) is 7.48. The number of hydrogen-bond acceptors (Lipinski definition) is 6. The Morgan fingerprint density at radius 1 is 0.818 bits per heavy atom. The molecular formula is C23H19F2NO5S2. The Balaban J connectivity index is 2.21. The van der Waals surface area contributed by atoms with Crippen molar-refractivity contribution in [3.8, 4) is 6.07 Å². The first-order valence-electron chi connectivity index (χ1n) is 9.62. The predicted octanol–water partition coefficient (Wildman–Crippen LogP) is 5.28. The van der Waals surface area contributed by atoms with Crippen LogP contribution >= 0.6 is 10.3 Å². The van der Waals surface area contributed by atoms with Gasteiger partial charge in [0.1, 0.15) is 6.61 Å². The van der Waals surface area contributed by atoms with Crippen LogP contribution in [0.4, 0.5) is 8.78 Å². The first-order valence-corrected chi connectivity index (χ1v) is 12.6. The van der Waals surface area contributed by atoms with Crippen molar-refractivity contribution in [2.45, 2.75) is 26.4 Å². The standard InChI is InChI=1S/C23H19F2NO5S2/c24-23(25,22(27)30-18-10-17-26)33(28,29)31-32(19-11-4-1-5-12-19,20-13-6-2-7-14-20)21-15-8-3-9-16-21/h1-9,11-16H,10,18H2. The van der Waals surface area contributed by atoms with Crippen molar-refractivity contribution in [1.82, 2.24) is 0 Å². The van der Waals surface area contributed by atoms with Crippen molar-refractivity contribution < 1.29 is 30.4 Å². The number of nitriles is 1. The van der Waals surface area contributed by atoms with Crippen LogP contribution in [0, 0.1) is 11.3 Å². The minimum Gasteiger partial charge on any atom is -0.459 e. The van der Waals surface area contributed by atoms with Gasteiger partial charge in [-0.25, -0.2) is 8.42 Å². The van der Waals surface area contributed by atoms with Crippen molar-refractivity contribution in [2.24, 2.45) is 0 Å². The maximum absolute atomic E-state index is 14.8. The van der Waals surface area contributed by atoms with Crippen molar-refractivity contribution in [2.75, 3.05) is 6.61 Å². The number of rotatable bonds is 9. The number of hydrogen-bond donors (Lipinski definition) is 0. The van der Waals surface area contributed by atoms with Crippen molar-refractivity contribution >= 4 is 26.4 Å². The third-order valence-electron chi connectivity index (χ3n) is 4.42. The van der Waals surface area contributed by atoms with Crippen LogP contribution in [-0.4, -0.2) is 26.2 Å². The summed E-state index contributed by atoms with van der Waals surface area (Å²) < 4.78 is 65.3. The Bertz CT molecular complexity index is 1140. The van der Waals surface area contributed by atoms with E-state index in [1.807, 2.05) is 0 Å². The van der Waals surface area contributed by atoms with Gasteiger partial charge in [0, 0.05) is 14.7 Å². The third-order valence-corrected chi connectivity index (χ3v) is 9.55. The average Bonchev–Trinajstić information content (AvgIpc) is 2.84. The Morgan fingerprint density at radius 3 is 1.58 bits per heavy atom. The first kappa shape index (κ1) is 24.4. The number of esters is 1. The number of halogens is 2. The summed E-state index contributed by atoms with van der Waals surface area (Å²) in [6.45, 7) is -0.672. The minimum absolute atomic E-state index is 0.333. The van der Waals surface area contributed by atoms with E-state index in [2.05, 4.69) is 4.74 Å². The maximum atomic E-state index is 14.8. The molecule has 3 rings (SSSR count). The quantitative estimate of drug-likeness (QED) is 0.299. The van der Waals surface area contributed by atoms with Gasteiger partial charge in [-0.15, -0.1) is 0 Å². The van der Waals surface area contributed by atoms with E-state index in [1.165, 1.54) is 0 Å². The van der Waals surface area contributed by atoms with Crippen LogP contribution in [0.1, 0.15) is 6.42 Å². The molecular weight excluding hydrogens is 472 g/mol. The zero-order valence-corrected chi connectivity index (χ0v) is 18.8. The molecule has 0 aliphatic carbocycles. The molecule has 0 aliphatic heterocycles. The highest BCUT2D eigenvalue weighted by atomic mass is 32.3. The van der Waals surface area contributed by atoms with E-state index in [0.717, 1.165) is 0 Å². The van der Waals surface area contributed by atoms with Gasteiger partial charge in [0.15, 0.2) is 0 Å². The molecule has 33 heavy (non-hydrogen) atoms. The molecule has 6 nitrogen and oxygen atoms in total. The average molecular weight is 492 g/mol. The highest BCUT2D eigenvalue weighted by Crippen LogP contribution is 2.70. The number of benzene rings is 3. The second-order valence-electron chi connectivity index (χ2n) is 6.58. The summed E-state index contributed by atoms with van der Waals surface area (Å²) in [5, 5.41) is 3.50. The van der Waals surface area contributed by atoms with Gasteiger partial charge in [-0.1, -0.05) is 54.6 Å². The van der Waals surface area contributed by atoms with Crippen molar-refractivity contribution in [3.05, 3.63) is 91.0 Å². The fraction of sp³-hybridized carbons (Fsp3) is 0.130. The lowest BCUT2D eigenvalue weighted by Crippen LogP contribution is -2.41. The second-order valence-corrected chi connectivity index (χ2v) is 11.1. The van der Waals surface area contributed by atoms with Gasteiger partial charge in [-0.2, -0.15) is 22.5 Å². The number of ether oxygens (including phenoxy) is 1. The predicted molar refractivity (Wildman–Crippen MR) is 118 cm³/mol. The van der Waals surface area contributed by atoms with Crippen LogP contribution in [0.3, 0.4) is 0 Å². The molecule has 10 heteroatoms. The zero-order chi connectivity index (χ0) is 24.0. The van der Waals surface area contributed by atoms with Crippen molar-refractivity contribution in [1.29, 1.82) is 5.26 Å². The summed E-state index contributed by atoms with van der Waals surface area (Å²) in [4.78, 5) is 12.9. The third kappa shape index (κ3) is 4.90. The molecule has 3 aromatic carbocycles. The lowest BCUT2D eigenvalue weighted by Gasteiger charge is -2.39. The molecule has 0 aromatic heterocycles. The maximum Gasteiger partial charge on any atom is 0.466 e. The zero-order valence-electron chi connectivity index (χ0n) is 17.1. The summed E-state index contributed by atoms with van der Waals surface area (Å²) in [5.74, 6) is -2.31. The molecule has 0 spiro atoms. The lowest BCUT2D eigenvalue weighted by molar-refractivity contribution is -0.161. The fourth-order valence-electron chi connectivity index (χ4n) is 2.92. The van der Waals surface area contributed by atoms with E-state index >= 15 is 0 Å². The van der Waals surface area contributed by atoms with Gasteiger partial charge in [-0.05, 0) is 46.7 Å². The normalized spacial score (nSPS) is 12.5. The van der Waals surface area contributed by atoms with Crippen LogP contribution in [0.2, 0.25) is 0 Å². The highest BCUT2D eigenvalue weighted by molar-refractivity contribution is 8.33. The Labute approximate surface area is 192 Å². The lowest BCUT2D eigenvalue weighted by atomic mass is 10.4. The van der Waals surface area contributed by atoms with Crippen LogP contribution in [0.15, 0.2) is 106 Å². The smallest absolute Gasteiger partial charge is 0.459 e. The molecule has 0 N–H and O–H groups in total. The molecule has 3 aromatic rings. The largest absolute Gasteiger partial charge is 0.466 e. The number of alkyl halides is 2. The van der Waals surface area contributed by atoms with Crippen molar-refractivity contribution in [3.63, 3.8) is 0 Å². The number of nitrogens with zero attached hydrogens (tertiary/aromatic N) is 1. The number of carbonyl (C=O) groups excluding carboxylic acids is 1. The SMILES string of the molecule is N#CCCOC(=O)C(F)(F)S(=O)(=O)OS(c1ccccc1)(c1ccccc1)c1ccccc1. The Morgan fingerprint density at radius 2 is 1.21 bits per heavy atom. The molecule has 0 fully saturated rings. The van der Waals surface area contributed by atoms with Crippen LogP contribution in [0.5, 0.6) is 0 Å². The Hall–Kier alpha value is -3.26. The van der Waals surface area contributed by atoms with Crippen LogP contribution < -0.4 is 0 Å². The van der Waals surface area contributed by atoms with Gasteiger partial charge in [0.2, 0.25) is 0 Å². The monoisotopic (exact) mass is 491 g/mol. The molecule has 0 amide bonds. The van der Waals surface area contributed by atoms with Gasteiger partial charge in [0.05, 0.1) is 12.5 Å². The minimum atomic E-state index is -5.85. The summed E-state index contributed by atoms with van der Waals surface area (Å²) >= 11 is 0. The molecule has 0 radical (unpaired) electrons. The second kappa shape index (κ2) is 10.1. The molecule has 0 saturated heterocycles. The summed E-state index contributed by atoms with van der Waals surface area (Å²) in [6, 6.07) is 26.0. The molecule has 0 aliphatic rings. The summed E-state index contributed by atoms with van der Waals surface area (Å²) in [5.41, 5.74) is 0. The fourth-order valence-corrected chi connectivity index (χ4v) is 7.98.